The van der Waals surface area contributed by atoms with Gasteiger partial charge in [-0.15, -0.1) is 0 Å². The third-order valence-electron chi connectivity index (χ3n) is 5.52. The van der Waals surface area contributed by atoms with E-state index in [1.54, 1.807) is 0 Å². The molecule has 0 unspecified atom stereocenters. The zero-order valence-electron chi connectivity index (χ0n) is 17.4. The second-order valence-corrected chi connectivity index (χ2v) is 8.79. The van der Waals surface area contributed by atoms with Gasteiger partial charge in [0.1, 0.15) is 18.8 Å². The lowest BCUT2D eigenvalue weighted by Gasteiger charge is -2.22. The number of benzene rings is 2. The molecule has 2 heteroatoms. The van der Waals surface area contributed by atoms with Crippen molar-refractivity contribution in [2.24, 2.45) is 7.05 Å². The lowest BCUT2D eigenvalue weighted by molar-refractivity contribution is -0.634. The van der Waals surface area contributed by atoms with E-state index >= 15 is 0 Å². The highest BCUT2D eigenvalue weighted by atomic mass is 15.0. The van der Waals surface area contributed by atoms with Gasteiger partial charge in [0.25, 0.3) is 0 Å². The Morgan fingerprint density at radius 2 is 1.73 bits per heavy atom. The van der Waals surface area contributed by atoms with Crippen LogP contribution in [0.25, 0.3) is 22.3 Å². The van der Waals surface area contributed by atoms with Crippen molar-refractivity contribution in [3.05, 3.63) is 58.8 Å². The average molecular weight is 348 g/mol. The second-order valence-electron chi connectivity index (χ2n) is 8.79. The average Bonchev–Trinajstić information content (AvgIpc) is 2.56. The lowest BCUT2D eigenvalue weighted by atomic mass is 9.83. The zero-order valence-corrected chi connectivity index (χ0v) is 17.4. The van der Waals surface area contributed by atoms with E-state index in [0.29, 0.717) is 5.92 Å². The van der Waals surface area contributed by atoms with Crippen LogP contribution in [0.2, 0.25) is 0 Å². The smallest absolute Gasteiger partial charge is 0.231 e. The number of nitrogens with zero attached hydrogens (tertiary/aromatic N) is 2. The Hall–Kier alpha value is -2.22. The van der Waals surface area contributed by atoms with Gasteiger partial charge < -0.3 is 0 Å². The predicted octanol–water partition coefficient (Wildman–Crippen LogP) is 5.76. The molecule has 0 aliphatic heterocycles. The van der Waals surface area contributed by atoms with E-state index in [-0.39, 0.29) is 5.41 Å². The molecular weight excluding hydrogens is 316 g/mol. The van der Waals surface area contributed by atoms with Crippen LogP contribution >= 0.6 is 0 Å². The molecule has 0 saturated heterocycles. The highest BCUT2D eigenvalue weighted by Crippen LogP contribution is 2.32. The molecule has 26 heavy (non-hydrogen) atoms. The number of hydrogen-bond donors (Lipinski definition) is 0. The normalized spacial score (nSPS) is 12.2. The third kappa shape index (κ3) is 3.13. The number of para-hydroxylation sites is 1. The summed E-state index contributed by atoms with van der Waals surface area (Å²) in [5.74, 6) is 0.463. The minimum absolute atomic E-state index is 0.126. The Morgan fingerprint density at radius 1 is 1.04 bits per heavy atom. The first-order valence-electron chi connectivity index (χ1n) is 9.51. The van der Waals surface area contributed by atoms with E-state index in [0.717, 1.165) is 5.52 Å². The molecule has 2 aromatic carbocycles. The summed E-state index contributed by atoms with van der Waals surface area (Å²) in [4.78, 5) is 4.88. The molecule has 0 saturated carbocycles. The zero-order chi connectivity index (χ0) is 19.2. The van der Waals surface area contributed by atoms with Crippen LogP contribution in [0.1, 0.15) is 62.8 Å². The molecule has 0 atom stereocenters. The van der Waals surface area contributed by atoms with Gasteiger partial charge in [0.15, 0.2) is 0 Å². The van der Waals surface area contributed by atoms with E-state index in [4.69, 9.17) is 4.98 Å². The van der Waals surface area contributed by atoms with Crippen LogP contribution < -0.4 is 4.57 Å². The van der Waals surface area contributed by atoms with Crippen molar-refractivity contribution in [2.75, 3.05) is 0 Å². The van der Waals surface area contributed by atoms with E-state index in [1.807, 2.05) is 6.20 Å². The maximum atomic E-state index is 4.88. The summed E-state index contributed by atoms with van der Waals surface area (Å²) in [5.41, 5.74) is 10.2. The molecule has 0 aliphatic rings. The minimum atomic E-state index is 0.126. The topological polar surface area (TPSA) is 16.8 Å². The van der Waals surface area contributed by atoms with Crippen molar-refractivity contribution >= 4 is 11.0 Å². The molecule has 0 radical (unpaired) electrons. The second kappa shape index (κ2) is 6.50. The molecule has 0 spiro atoms. The van der Waals surface area contributed by atoms with Crippen molar-refractivity contribution in [1.82, 2.24) is 4.98 Å². The largest absolute Gasteiger partial charge is 0.243 e. The first-order valence-corrected chi connectivity index (χ1v) is 9.51. The summed E-state index contributed by atoms with van der Waals surface area (Å²) in [7, 11) is 2.15. The van der Waals surface area contributed by atoms with Gasteiger partial charge in [0, 0.05) is 6.07 Å². The predicted molar refractivity (Wildman–Crippen MR) is 111 cm³/mol. The van der Waals surface area contributed by atoms with Gasteiger partial charge in [-0.1, -0.05) is 52.8 Å². The van der Waals surface area contributed by atoms with E-state index in [9.17, 15) is 0 Å². The SMILES string of the molecule is Cc1cc(C(C)(C)C)cc(-c2cnc3c(C(C)C)cccc3[n+]2C)c1C. The number of aromatic nitrogens is 2. The molecule has 3 aromatic rings. The van der Waals surface area contributed by atoms with Crippen LogP contribution in [0.15, 0.2) is 36.5 Å². The summed E-state index contributed by atoms with van der Waals surface area (Å²) in [6, 6.07) is 11.2. The fourth-order valence-electron chi connectivity index (χ4n) is 3.58. The van der Waals surface area contributed by atoms with E-state index < -0.39 is 0 Å². The molecule has 2 nitrogen and oxygen atoms in total. The van der Waals surface area contributed by atoms with Crippen molar-refractivity contribution in [3.8, 4) is 11.3 Å². The number of hydrogen-bond acceptors (Lipinski definition) is 1. The number of rotatable bonds is 2. The van der Waals surface area contributed by atoms with Crippen LogP contribution in [0, 0.1) is 13.8 Å². The first kappa shape index (κ1) is 18.6. The molecule has 3 rings (SSSR count). The lowest BCUT2D eigenvalue weighted by Crippen LogP contribution is -2.33. The summed E-state index contributed by atoms with van der Waals surface area (Å²) >= 11 is 0. The summed E-state index contributed by atoms with van der Waals surface area (Å²) < 4.78 is 2.29. The van der Waals surface area contributed by atoms with Crippen molar-refractivity contribution in [2.45, 2.75) is 59.8 Å². The Balaban J connectivity index is 2.30. The molecule has 1 heterocycles. The van der Waals surface area contributed by atoms with E-state index in [1.165, 1.54) is 39.0 Å². The molecule has 1 aromatic heterocycles. The van der Waals surface area contributed by atoms with Gasteiger partial charge >= 0.3 is 0 Å². The Kier molecular flexibility index (Phi) is 4.64. The molecule has 0 amide bonds. The fraction of sp³-hybridized carbons (Fsp3) is 0.417. The summed E-state index contributed by atoms with van der Waals surface area (Å²) in [5, 5.41) is 0. The maximum absolute atomic E-state index is 4.88. The summed E-state index contributed by atoms with van der Waals surface area (Å²) in [6.07, 6.45) is 2.04. The van der Waals surface area contributed by atoms with Crippen molar-refractivity contribution in [3.63, 3.8) is 0 Å². The maximum Gasteiger partial charge on any atom is 0.231 e. The van der Waals surface area contributed by atoms with Crippen molar-refractivity contribution in [1.29, 1.82) is 0 Å². The first-order chi connectivity index (χ1) is 12.1. The van der Waals surface area contributed by atoms with Crippen LogP contribution in [-0.4, -0.2) is 4.98 Å². The van der Waals surface area contributed by atoms with Crippen LogP contribution in [0.3, 0.4) is 0 Å². The summed E-state index contributed by atoms with van der Waals surface area (Å²) in [6.45, 7) is 15.7. The molecule has 0 aliphatic carbocycles. The quantitative estimate of drug-likeness (QED) is 0.538. The van der Waals surface area contributed by atoms with E-state index in [2.05, 4.69) is 90.4 Å². The van der Waals surface area contributed by atoms with Crippen LogP contribution in [0.4, 0.5) is 0 Å². The van der Waals surface area contributed by atoms with Gasteiger partial charge in [-0.05, 0) is 53.5 Å². The number of fused-ring (bicyclic) bond motifs is 1. The van der Waals surface area contributed by atoms with Gasteiger partial charge in [0.2, 0.25) is 11.2 Å². The van der Waals surface area contributed by atoms with Crippen molar-refractivity contribution < 1.29 is 4.57 Å². The molecule has 0 N–H and O–H groups in total. The highest BCUT2D eigenvalue weighted by molar-refractivity contribution is 5.77. The van der Waals surface area contributed by atoms with Gasteiger partial charge in [-0.3, -0.25) is 0 Å². The Morgan fingerprint density at radius 3 is 2.35 bits per heavy atom. The van der Waals surface area contributed by atoms with Crippen LogP contribution in [0.5, 0.6) is 0 Å². The molecule has 0 bridgehead atoms. The molecule has 0 fully saturated rings. The monoisotopic (exact) mass is 347 g/mol. The Labute approximate surface area is 157 Å². The third-order valence-corrected chi connectivity index (χ3v) is 5.52. The Bertz CT molecular complexity index is 976. The van der Waals surface area contributed by atoms with Gasteiger partial charge in [-0.25, -0.2) is 4.98 Å². The fourth-order valence-corrected chi connectivity index (χ4v) is 3.58. The minimum Gasteiger partial charge on any atom is -0.243 e. The van der Waals surface area contributed by atoms with Gasteiger partial charge in [-0.2, -0.15) is 4.57 Å². The number of aryl methyl sites for hydroxylation is 2. The molecule has 136 valence electrons. The highest BCUT2D eigenvalue weighted by Gasteiger charge is 2.23. The van der Waals surface area contributed by atoms with Crippen LogP contribution in [-0.2, 0) is 12.5 Å². The van der Waals surface area contributed by atoms with Gasteiger partial charge in [0.05, 0.1) is 5.56 Å². The standard InChI is InChI=1S/C24H31N2/c1-15(2)19-10-9-11-21-23(19)25-14-22(26(21)8)20-13-18(24(5,6)7)12-16(3)17(20)4/h9-15H,1-8H3/q+1. The molecular formula is C24H31N2+.